The average molecular weight is 204 g/mol. The SMILES string of the molecule is CNCC(=O)NCCCCCSC. The van der Waals surface area contributed by atoms with Crippen molar-refractivity contribution in [1.82, 2.24) is 10.6 Å². The monoisotopic (exact) mass is 204 g/mol. The molecule has 0 aliphatic carbocycles. The van der Waals surface area contributed by atoms with Gasteiger partial charge in [-0.1, -0.05) is 6.42 Å². The number of hydrogen-bond donors (Lipinski definition) is 2. The molecule has 0 aromatic heterocycles. The minimum atomic E-state index is 0.0902. The van der Waals surface area contributed by atoms with Gasteiger partial charge in [0, 0.05) is 6.54 Å². The van der Waals surface area contributed by atoms with Gasteiger partial charge in [-0.3, -0.25) is 4.79 Å². The molecule has 78 valence electrons. The molecule has 0 rings (SSSR count). The molecule has 0 unspecified atom stereocenters. The lowest BCUT2D eigenvalue weighted by molar-refractivity contribution is -0.120. The predicted octanol–water partition coefficient (Wildman–Crippen LogP) is 0.855. The molecule has 0 radical (unpaired) electrons. The van der Waals surface area contributed by atoms with E-state index in [2.05, 4.69) is 16.9 Å². The minimum Gasteiger partial charge on any atom is -0.355 e. The summed E-state index contributed by atoms with van der Waals surface area (Å²) in [5, 5.41) is 5.67. The summed E-state index contributed by atoms with van der Waals surface area (Å²) in [7, 11) is 1.78. The van der Waals surface area contributed by atoms with E-state index in [0.717, 1.165) is 13.0 Å². The second-order valence-electron chi connectivity index (χ2n) is 2.93. The van der Waals surface area contributed by atoms with Crippen LogP contribution in [0, 0.1) is 0 Å². The number of carbonyl (C=O) groups is 1. The molecule has 1 amide bonds. The van der Waals surface area contributed by atoms with Gasteiger partial charge in [0.15, 0.2) is 0 Å². The topological polar surface area (TPSA) is 41.1 Å². The standard InChI is InChI=1S/C9H20N2OS/c1-10-8-9(12)11-6-4-3-5-7-13-2/h10H,3-8H2,1-2H3,(H,11,12). The van der Waals surface area contributed by atoms with E-state index >= 15 is 0 Å². The largest absolute Gasteiger partial charge is 0.355 e. The molecule has 3 nitrogen and oxygen atoms in total. The van der Waals surface area contributed by atoms with Crippen LogP contribution in [0.4, 0.5) is 0 Å². The van der Waals surface area contributed by atoms with Crippen molar-refractivity contribution in [2.45, 2.75) is 19.3 Å². The maximum absolute atomic E-state index is 11.0. The summed E-state index contributed by atoms with van der Waals surface area (Å²) in [5.41, 5.74) is 0. The first-order chi connectivity index (χ1) is 6.31. The zero-order chi connectivity index (χ0) is 9.94. The lowest BCUT2D eigenvalue weighted by Crippen LogP contribution is -2.32. The first kappa shape index (κ1) is 12.8. The molecule has 0 saturated carbocycles. The Hall–Kier alpha value is -0.220. The zero-order valence-electron chi connectivity index (χ0n) is 8.56. The van der Waals surface area contributed by atoms with Gasteiger partial charge in [0.1, 0.15) is 0 Å². The first-order valence-electron chi connectivity index (χ1n) is 4.71. The Morgan fingerprint density at radius 3 is 2.69 bits per heavy atom. The lowest BCUT2D eigenvalue weighted by atomic mass is 10.2. The smallest absolute Gasteiger partial charge is 0.233 e. The normalized spacial score (nSPS) is 10.0. The molecule has 0 aromatic carbocycles. The van der Waals surface area contributed by atoms with Crippen LogP contribution in [0.2, 0.25) is 0 Å². The van der Waals surface area contributed by atoms with Crippen LogP contribution < -0.4 is 10.6 Å². The van der Waals surface area contributed by atoms with Crippen molar-refractivity contribution in [3.8, 4) is 0 Å². The quantitative estimate of drug-likeness (QED) is 0.576. The van der Waals surface area contributed by atoms with Crippen LogP contribution in [0.25, 0.3) is 0 Å². The number of likely N-dealkylation sites (N-methyl/N-ethyl adjacent to an activating group) is 1. The summed E-state index contributed by atoms with van der Waals surface area (Å²) in [6, 6.07) is 0. The van der Waals surface area contributed by atoms with E-state index in [4.69, 9.17) is 0 Å². The Bertz CT molecular complexity index is 131. The van der Waals surface area contributed by atoms with Gasteiger partial charge in [-0.05, 0) is 31.9 Å². The molecule has 0 saturated heterocycles. The number of hydrogen-bond acceptors (Lipinski definition) is 3. The number of rotatable bonds is 8. The number of carbonyl (C=O) groups excluding carboxylic acids is 1. The molecule has 0 spiro atoms. The van der Waals surface area contributed by atoms with E-state index in [1.807, 2.05) is 11.8 Å². The van der Waals surface area contributed by atoms with Gasteiger partial charge in [0.25, 0.3) is 0 Å². The van der Waals surface area contributed by atoms with Crippen molar-refractivity contribution >= 4 is 17.7 Å². The van der Waals surface area contributed by atoms with Gasteiger partial charge in [0.05, 0.1) is 6.54 Å². The maximum Gasteiger partial charge on any atom is 0.233 e. The van der Waals surface area contributed by atoms with Crippen molar-refractivity contribution in [2.75, 3.05) is 32.1 Å². The Morgan fingerprint density at radius 1 is 1.31 bits per heavy atom. The number of nitrogens with one attached hydrogen (secondary N) is 2. The fraction of sp³-hybridized carbons (Fsp3) is 0.889. The highest BCUT2D eigenvalue weighted by atomic mass is 32.2. The van der Waals surface area contributed by atoms with Crippen LogP contribution in [0.3, 0.4) is 0 Å². The van der Waals surface area contributed by atoms with Crippen LogP contribution in [0.1, 0.15) is 19.3 Å². The first-order valence-corrected chi connectivity index (χ1v) is 6.11. The van der Waals surface area contributed by atoms with Crippen molar-refractivity contribution in [2.24, 2.45) is 0 Å². The van der Waals surface area contributed by atoms with E-state index in [0.29, 0.717) is 6.54 Å². The lowest BCUT2D eigenvalue weighted by Gasteiger charge is -2.03. The van der Waals surface area contributed by atoms with Crippen molar-refractivity contribution in [3.05, 3.63) is 0 Å². The van der Waals surface area contributed by atoms with Gasteiger partial charge in [-0.15, -0.1) is 0 Å². The van der Waals surface area contributed by atoms with E-state index in [1.165, 1.54) is 18.6 Å². The molecule has 2 N–H and O–H groups in total. The Labute approximate surface area is 85.0 Å². The molecule has 4 heteroatoms. The highest BCUT2D eigenvalue weighted by Gasteiger charge is 1.96. The average Bonchev–Trinajstić information content (AvgIpc) is 2.11. The third-order valence-electron chi connectivity index (χ3n) is 1.68. The molecular formula is C9H20N2OS. The molecule has 0 heterocycles. The highest BCUT2D eigenvalue weighted by Crippen LogP contribution is 2.00. The Morgan fingerprint density at radius 2 is 2.08 bits per heavy atom. The van der Waals surface area contributed by atoms with Crippen LogP contribution in [-0.4, -0.2) is 38.1 Å². The fourth-order valence-electron chi connectivity index (χ4n) is 0.999. The number of amides is 1. The summed E-state index contributed by atoms with van der Waals surface area (Å²) in [5.74, 6) is 1.32. The number of unbranched alkanes of at least 4 members (excludes halogenated alkanes) is 2. The predicted molar refractivity (Wildman–Crippen MR) is 59.2 cm³/mol. The van der Waals surface area contributed by atoms with Crippen molar-refractivity contribution in [1.29, 1.82) is 0 Å². The highest BCUT2D eigenvalue weighted by molar-refractivity contribution is 7.98. The third-order valence-corrected chi connectivity index (χ3v) is 2.38. The van der Waals surface area contributed by atoms with E-state index in [9.17, 15) is 4.79 Å². The number of thioether (sulfide) groups is 1. The van der Waals surface area contributed by atoms with Gasteiger partial charge in [0.2, 0.25) is 5.91 Å². The molecule has 0 aromatic rings. The summed E-state index contributed by atoms with van der Waals surface area (Å²) in [6.07, 6.45) is 5.68. The van der Waals surface area contributed by atoms with E-state index in [1.54, 1.807) is 7.05 Å². The minimum absolute atomic E-state index is 0.0902. The molecular weight excluding hydrogens is 184 g/mol. The molecule has 0 atom stereocenters. The molecule has 0 aliphatic rings. The fourth-order valence-corrected chi connectivity index (χ4v) is 1.49. The second-order valence-corrected chi connectivity index (χ2v) is 3.92. The van der Waals surface area contributed by atoms with Crippen LogP contribution >= 0.6 is 11.8 Å². The summed E-state index contributed by atoms with van der Waals surface area (Å²) in [4.78, 5) is 11.0. The third kappa shape index (κ3) is 9.70. The van der Waals surface area contributed by atoms with Gasteiger partial charge in [-0.25, -0.2) is 0 Å². The van der Waals surface area contributed by atoms with Gasteiger partial charge >= 0.3 is 0 Å². The van der Waals surface area contributed by atoms with Gasteiger partial charge < -0.3 is 10.6 Å². The second kappa shape index (κ2) is 9.86. The van der Waals surface area contributed by atoms with Crippen molar-refractivity contribution in [3.63, 3.8) is 0 Å². The summed E-state index contributed by atoms with van der Waals surface area (Å²) < 4.78 is 0. The molecule has 13 heavy (non-hydrogen) atoms. The van der Waals surface area contributed by atoms with Crippen LogP contribution in [0.5, 0.6) is 0 Å². The molecule has 0 bridgehead atoms. The molecule has 0 aliphatic heterocycles. The van der Waals surface area contributed by atoms with E-state index in [-0.39, 0.29) is 5.91 Å². The van der Waals surface area contributed by atoms with Crippen molar-refractivity contribution < 1.29 is 4.79 Å². The van der Waals surface area contributed by atoms with Crippen LogP contribution in [-0.2, 0) is 4.79 Å². The van der Waals surface area contributed by atoms with Crippen LogP contribution in [0.15, 0.2) is 0 Å². The maximum atomic E-state index is 11.0. The molecule has 0 fully saturated rings. The summed E-state index contributed by atoms with van der Waals surface area (Å²) >= 11 is 1.88. The summed E-state index contributed by atoms with van der Waals surface area (Å²) in [6.45, 7) is 1.24. The zero-order valence-corrected chi connectivity index (χ0v) is 9.38. The Kier molecular flexibility index (Phi) is 9.70. The van der Waals surface area contributed by atoms with E-state index < -0.39 is 0 Å². The Balaban J connectivity index is 3.02. The van der Waals surface area contributed by atoms with Gasteiger partial charge in [-0.2, -0.15) is 11.8 Å².